The van der Waals surface area contributed by atoms with E-state index in [1.54, 1.807) is 30.3 Å². The van der Waals surface area contributed by atoms with Crippen LogP contribution in [0.3, 0.4) is 0 Å². The van der Waals surface area contributed by atoms with Crippen molar-refractivity contribution in [1.82, 2.24) is 14.6 Å². The number of aryl methyl sites for hydroxylation is 1. The number of nitrogens with one attached hydrogen (secondary N) is 1. The molecular weight excluding hydrogens is 433 g/mol. The zero-order valence-corrected chi connectivity index (χ0v) is 17.9. The predicted molar refractivity (Wildman–Crippen MR) is 117 cm³/mol. The van der Waals surface area contributed by atoms with E-state index in [2.05, 4.69) is 15.4 Å². The number of nitrogens with zero attached hydrogens (tertiary/aromatic N) is 3. The Morgan fingerprint density at radius 3 is 2.48 bits per heavy atom. The van der Waals surface area contributed by atoms with E-state index in [4.69, 9.17) is 0 Å². The van der Waals surface area contributed by atoms with Crippen LogP contribution in [-0.4, -0.2) is 25.6 Å². The minimum atomic E-state index is -4.53. The van der Waals surface area contributed by atoms with Crippen molar-refractivity contribution in [2.75, 3.05) is 5.32 Å². The number of halogens is 3. The number of benzene rings is 1. The van der Waals surface area contributed by atoms with Gasteiger partial charge < -0.3 is 10.4 Å². The topological polar surface area (TPSA) is 79.5 Å². The number of carbonyl (C=O) groups excluding carboxylic acids is 1. The van der Waals surface area contributed by atoms with E-state index >= 15 is 0 Å². The van der Waals surface area contributed by atoms with Crippen LogP contribution in [0.1, 0.15) is 30.2 Å². The van der Waals surface area contributed by atoms with Crippen LogP contribution in [0, 0.1) is 6.92 Å². The van der Waals surface area contributed by atoms with Crippen molar-refractivity contribution >= 4 is 17.2 Å². The Morgan fingerprint density at radius 2 is 1.85 bits per heavy atom. The summed E-state index contributed by atoms with van der Waals surface area (Å²) >= 11 is 0. The first-order chi connectivity index (χ1) is 15.5. The van der Waals surface area contributed by atoms with Crippen LogP contribution in [0.2, 0.25) is 0 Å². The molecule has 0 aliphatic heterocycles. The summed E-state index contributed by atoms with van der Waals surface area (Å²) in [7, 11) is 0. The number of aromatic nitrogens is 3. The van der Waals surface area contributed by atoms with Crippen LogP contribution in [0.5, 0.6) is 0 Å². The maximum atomic E-state index is 13.3. The quantitative estimate of drug-likeness (QED) is 0.447. The molecule has 0 bridgehead atoms. The fraction of sp³-hybridized carbons (Fsp3) is 0.208. The molecule has 4 rings (SSSR count). The maximum Gasteiger partial charge on any atom is 0.416 e. The summed E-state index contributed by atoms with van der Waals surface area (Å²) in [5.74, 6) is -0.460. The highest BCUT2D eigenvalue weighted by molar-refractivity contribution is 5.99. The first-order valence-corrected chi connectivity index (χ1v) is 10.1. The molecule has 3 aromatic heterocycles. The van der Waals surface area contributed by atoms with Gasteiger partial charge in [-0.2, -0.15) is 13.2 Å². The van der Waals surface area contributed by atoms with Gasteiger partial charge in [0.25, 0.3) is 0 Å². The van der Waals surface area contributed by atoms with Gasteiger partial charge in [-0.15, -0.1) is 5.10 Å². The van der Waals surface area contributed by atoms with Crippen LogP contribution in [0.4, 0.5) is 19.0 Å². The van der Waals surface area contributed by atoms with E-state index in [0.29, 0.717) is 16.8 Å². The molecule has 0 aliphatic rings. The fourth-order valence-electron chi connectivity index (χ4n) is 3.58. The maximum absolute atomic E-state index is 13.3. The molecular formula is C24H21F3N4O2. The summed E-state index contributed by atoms with van der Waals surface area (Å²) in [4.78, 5) is 16.9. The summed E-state index contributed by atoms with van der Waals surface area (Å²) in [5, 5.41) is 17.7. The van der Waals surface area contributed by atoms with Gasteiger partial charge in [-0.3, -0.25) is 9.78 Å². The summed E-state index contributed by atoms with van der Waals surface area (Å²) in [5.41, 5.74) is 0.0816. The smallest absolute Gasteiger partial charge is 0.383 e. The molecule has 33 heavy (non-hydrogen) atoms. The zero-order valence-electron chi connectivity index (χ0n) is 17.9. The molecule has 1 amide bonds. The second-order valence-corrected chi connectivity index (χ2v) is 8.05. The van der Waals surface area contributed by atoms with Crippen LogP contribution in [0.15, 0.2) is 67.0 Å². The Balaban J connectivity index is 1.74. The molecule has 0 fully saturated rings. The van der Waals surface area contributed by atoms with Crippen molar-refractivity contribution in [1.29, 1.82) is 0 Å². The van der Waals surface area contributed by atoms with Gasteiger partial charge in [-0.1, -0.05) is 35.9 Å². The number of carbonyl (C=O) groups is 1. The zero-order chi connectivity index (χ0) is 23.8. The third kappa shape index (κ3) is 4.73. The van der Waals surface area contributed by atoms with Crippen LogP contribution >= 0.6 is 0 Å². The summed E-state index contributed by atoms with van der Waals surface area (Å²) in [6.45, 7) is 3.36. The van der Waals surface area contributed by atoms with Gasteiger partial charge in [0, 0.05) is 12.4 Å². The monoisotopic (exact) mass is 454 g/mol. The van der Waals surface area contributed by atoms with Crippen LogP contribution < -0.4 is 5.32 Å². The van der Waals surface area contributed by atoms with E-state index in [0.717, 1.165) is 17.7 Å². The average Bonchev–Trinajstić information content (AvgIpc) is 3.10. The Kier molecular flexibility index (Phi) is 5.67. The van der Waals surface area contributed by atoms with E-state index in [9.17, 15) is 23.1 Å². The van der Waals surface area contributed by atoms with Crippen molar-refractivity contribution in [2.24, 2.45) is 0 Å². The third-order valence-corrected chi connectivity index (χ3v) is 5.28. The molecule has 0 unspecified atom stereocenters. The molecule has 0 saturated carbocycles. The predicted octanol–water partition coefficient (Wildman–Crippen LogP) is 4.96. The summed E-state index contributed by atoms with van der Waals surface area (Å²) < 4.78 is 41.3. The van der Waals surface area contributed by atoms with Gasteiger partial charge in [0.2, 0.25) is 5.91 Å². The lowest BCUT2D eigenvalue weighted by Gasteiger charge is -2.21. The Bertz CT molecular complexity index is 1300. The van der Waals surface area contributed by atoms with E-state index in [1.807, 2.05) is 19.1 Å². The highest BCUT2D eigenvalue weighted by Gasteiger charge is 2.32. The number of aliphatic hydroxyl groups is 1. The largest absolute Gasteiger partial charge is 0.416 e. The number of alkyl halides is 3. The van der Waals surface area contributed by atoms with Crippen molar-refractivity contribution in [3.05, 3.63) is 83.8 Å². The SMILES string of the molecule is Cc1ccc(-c2c(NC(=O)C[C@@](C)(O)c3ccccn3)nn3ccc(C(F)(F)F)cc23)cc1. The normalized spacial score (nSPS) is 13.6. The molecule has 1 atom stereocenters. The Labute approximate surface area is 187 Å². The number of hydrogen-bond donors (Lipinski definition) is 2. The van der Waals surface area contributed by atoms with Crippen molar-refractivity contribution < 1.29 is 23.1 Å². The average molecular weight is 454 g/mol. The van der Waals surface area contributed by atoms with Gasteiger partial charge in [0.05, 0.1) is 28.8 Å². The number of hydrogen-bond acceptors (Lipinski definition) is 4. The van der Waals surface area contributed by atoms with Gasteiger partial charge in [-0.25, -0.2) is 4.52 Å². The van der Waals surface area contributed by atoms with Crippen molar-refractivity contribution in [3.8, 4) is 11.1 Å². The van der Waals surface area contributed by atoms with Crippen molar-refractivity contribution in [3.63, 3.8) is 0 Å². The first kappa shape index (κ1) is 22.5. The van der Waals surface area contributed by atoms with Gasteiger partial charge in [0.15, 0.2) is 5.82 Å². The van der Waals surface area contributed by atoms with Crippen molar-refractivity contribution in [2.45, 2.75) is 32.0 Å². The molecule has 9 heteroatoms. The summed E-state index contributed by atoms with van der Waals surface area (Å²) in [6, 6.07) is 14.1. The minimum Gasteiger partial charge on any atom is -0.383 e. The molecule has 3 heterocycles. The lowest BCUT2D eigenvalue weighted by molar-refractivity contribution is -0.137. The minimum absolute atomic E-state index is 0.0972. The Hall–Kier alpha value is -3.72. The lowest BCUT2D eigenvalue weighted by Crippen LogP contribution is -2.29. The standard InChI is InChI=1S/C24H21F3N4O2/c1-15-6-8-16(9-7-15)21-18-13-17(24(25,26)27)10-12-31(18)30-22(21)29-20(32)14-23(2,33)19-5-3-4-11-28-19/h3-13,33H,14H2,1-2H3,(H,29,30,32)/t23-/m1/s1. The molecule has 0 saturated heterocycles. The molecule has 0 spiro atoms. The van der Waals surface area contributed by atoms with Gasteiger partial charge in [0.1, 0.15) is 5.60 Å². The molecule has 4 aromatic rings. The summed E-state index contributed by atoms with van der Waals surface area (Å²) in [6.07, 6.45) is -2.13. The second kappa shape index (κ2) is 8.32. The van der Waals surface area contributed by atoms with E-state index in [-0.39, 0.29) is 17.8 Å². The highest BCUT2D eigenvalue weighted by Crippen LogP contribution is 2.36. The Morgan fingerprint density at radius 1 is 1.12 bits per heavy atom. The highest BCUT2D eigenvalue weighted by atomic mass is 19.4. The third-order valence-electron chi connectivity index (χ3n) is 5.28. The molecule has 1 aromatic carbocycles. The van der Waals surface area contributed by atoms with Crippen LogP contribution in [-0.2, 0) is 16.6 Å². The molecule has 0 aliphatic carbocycles. The lowest BCUT2D eigenvalue weighted by atomic mass is 9.97. The van der Waals surface area contributed by atoms with Gasteiger partial charge >= 0.3 is 6.18 Å². The first-order valence-electron chi connectivity index (χ1n) is 10.1. The van der Waals surface area contributed by atoms with Gasteiger partial charge in [-0.05, 0) is 43.7 Å². The number of pyridine rings is 2. The van der Waals surface area contributed by atoms with E-state index in [1.165, 1.54) is 23.8 Å². The van der Waals surface area contributed by atoms with Crippen LogP contribution in [0.25, 0.3) is 16.6 Å². The number of amides is 1. The molecule has 170 valence electrons. The number of rotatable bonds is 5. The number of anilines is 1. The fourth-order valence-corrected chi connectivity index (χ4v) is 3.58. The molecule has 2 N–H and O–H groups in total. The van der Waals surface area contributed by atoms with E-state index < -0.39 is 23.2 Å². The molecule has 6 nitrogen and oxygen atoms in total. The second-order valence-electron chi connectivity index (χ2n) is 8.05. The number of fused-ring (bicyclic) bond motifs is 1. The molecule has 0 radical (unpaired) electrons.